The lowest BCUT2D eigenvalue weighted by Gasteiger charge is -2.33. The minimum absolute atomic E-state index is 0.0126. The van der Waals surface area contributed by atoms with E-state index < -0.39 is 23.2 Å². The molecular formula is C28H28O7. The summed E-state index contributed by atoms with van der Waals surface area (Å²) < 4.78 is 22.2. The molecule has 0 saturated carbocycles. The molecule has 0 amide bonds. The Labute approximate surface area is 203 Å². The van der Waals surface area contributed by atoms with Crippen LogP contribution in [0.4, 0.5) is 0 Å². The van der Waals surface area contributed by atoms with Crippen LogP contribution in [0.3, 0.4) is 0 Å². The highest BCUT2D eigenvalue weighted by Crippen LogP contribution is 2.59. The molecule has 5 rings (SSSR count). The van der Waals surface area contributed by atoms with Crippen molar-refractivity contribution in [3.63, 3.8) is 0 Å². The Morgan fingerprint density at radius 1 is 1.03 bits per heavy atom. The van der Waals surface area contributed by atoms with Gasteiger partial charge >= 0.3 is 5.97 Å². The second kappa shape index (κ2) is 8.73. The monoisotopic (exact) mass is 476 g/mol. The average molecular weight is 477 g/mol. The largest absolute Gasteiger partial charge is 0.508 e. The lowest BCUT2D eigenvalue weighted by atomic mass is 9.68. The fourth-order valence-electron chi connectivity index (χ4n) is 5.47. The summed E-state index contributed by atoms with van der Waals surface area (Å²) in [4.78, 5) is 13.0. The van der Waals surface area contributed by atoms with Gasteiger partial charge in [0.25, 0.3) is 0 Å². The molecule has 7 nitrogen and oxygen atoms in total. The van der Waals surface area contributed by atoms with Crippen LogP contribution in [-0.2, 0) is 10.2 Å². The van der Waals surface area contributed by atoms with Crippen molar-refractivity contribution in [3.05, 3.63) is 76.9 Å². The van der Waals surface area contributed by atoms with E-state index in [1.807, 2.05) is 50.2 Å². The van der Waals surface area contributed by atoms with Gasteiger partial charge in [0.2, 0.25) is 6.79 Å². The van der Waals surface area contributed by atoms with E-state index in [1.165, 1.54) is 13.2 Å². The number of benzene rings is 3. The minimum atomic E-state index is -0.961. The van der Waals surface area contributed by atoms with Gasteiger partial charge in [-0.3, -0.25) is 4.79 Å². The van der Waals surface area contributed by atoms with E-state index in [0.29, 0.717) is 35.2 Å². The molecule has 3 aromatic rings. The van der Waals surface area contributed by atoms with Crippen LogP contribution in [0.15, 0.2) is 54.6 Å². The molecule has 0 radical (unpaired) electrons. The third-order valence-electron chi connectivity index (χ3n) is 7.16. The van der Waals surface area contributed by atoms with Crippen molar-refractivity contribution in [3.8, 4) is 28.7 Å². The van der Waals surface area contributed by atoms with Crippen LogP contribution in [0.25, 0.3) is 0 Å². The first-order valence-corrected chi connectivity index (χ1v) is 11.7. The number of phenolic OH excluding ortho intramolecular Hbond substituents is 1. The Bertz CT molecular complexity index is 1280. The molecule has 1 heterocycles. The molecule has 1 aliphatic carbocycles. The van der Waals surface area contributed by atoms with Crippen LogP contribution >= 0.6 is 0 Å². The van der Waals surface area contributed by atoms with Gasteiger partial charge in [-0.15, -0.1) is 0 Å². The molecule has 7 heteroatoms. The first kappa shape index (κ1) is 22.9. The molecule has 35 heavy (non-hydrogen) atoms. The van der Waals surface area contributed by atoms with Gasteiger partial charge in [-0.25, -0.2) is 0 Å². The zero-order valence-electron chi connectivity index (χ0n) is 19.9. The summed E-state index contributed by atoms with van der Waals surface area (Å²) >= 11 is 0. The number of hydrogen-bond donors (Lipinski definition) is 2. The van der Waals surface area contributed by atoms with Crippen LogP contribution in [0.1, 0.15) is 48.4 Å². The van der Waals surface area contributed by atoms with Crippen molar-refractivity contribution in [1.82, 2.24) is 0 Å². The highest BCUT2D eigenvalue weighted by atomic mass is 16.7. The number of carboxylic acids is 1. The van der Waals surface area contributed by atoms with Gasteiger partial charge in [-0.1, -0.05) is 32.0 Å². The number of hydrogen-bond acceptors (Lipinski definition) is 6. The fraction of sp³-hybridized carbons (Fsp3) is 0.321. The highest BCUT2D eigenvalue weighted by molar-refractivity contribution is 5.80. The summed E-state index contributed by atoms with van der Waals surface area (Å²) in [6.45, 7) is 4.66. The average Bonchev–Trinajstić information content (AvgIpc) is 3.43. The molecule has 1 aliphatic heterocycles. The number of aliphatic carboxylic acids is 1. The van der Waals surface area contributed by atoms with Crippen LogP contribution in [0, 0.1) is 5.92 Å². The number of rotatable bonds is 7. The molecule has 0 spiro atoms. The first-order valence-electron chi connectivity index (χ1n) is 11.7. The Morgan fingerprint density at radius 3 is 2.51 bits per heavy atom. The topological polar surface area (TPSA) is 94.5 Å². The number of fused-ring (bicyclic) bond motifs is 2. The second-order valence-electron chi connectivity index (χ2n) is 9.09. The Kier molecular flexibility index (Phi) is 5.71. The van der Waals surface area contributed by atoms with Crippen LogP contribution < -0.4 is 18.9 Å². The summed E-state index contributed by atoms with van der Waals surface area (Å²) in [5.41, 5.74) is 2.09. The van der Waals surface area contributed by atoms with Crippen LogP contribution in [0.5, 0.6) is 28.7 Å². The zero-order chi connectivity index (χ0) is 24.7. The SMILES string of the molecule is CCCOc1ccc2c(c1)C(c1ccc(OC)cc1O)C(C(=O)O)C2(C)c1ccc2c(c1)OCO2. The normalized spacial score (nSPS) is 22.0. The summed E-state index contributed by atoms with van der Waals surface area (Å²) in [6, 6.07) is 16.3. The molecular weight excluding hydrogens is 448 g/mol. The summed E-state index contributed by atoms with van der Waals surface area (Å²) in [5, 5.41) is 21.6. The molecule has 182 valence electrons. The van der Waals surface area contributed by atoms with E-state index in [4.69, 9.17) is 18.9 Å². The predicted molar refractivity (Wildman–Crippen MR) is 129 cm³/mol. The molecule has 2 aliphatic rings. The second-order valence-corrected chi connectivity index (χ2v) is 9.09. The minimum Gasteiger partial charge on any atom is -0.508 e. The standard InChI is InChI=1S/C28H28O7/c1-4-11-33-18-7-9-21-20(13-18)25(19-8-6-17(32-3)14-22(19)29)26(27(30)31)28(21,2)16-5-10-23-24(12-16)35-15-34-23/h5-10,12-14,25-26,29H,4,11,15H2,1-3H3,(H,30,31). The van der Waals surface area contributed by atoms with Gasteiger partial charge < -0.3 is 29.2 Å². The molecule has 3 unspecified atom stereocenters. The van der Waals surface area contributed by atoms with E-state index >= 15 is 0 Å². The summed E-state index contributed by atoms with van der Waals surface area (Å²) in [7, 11) is 1.52. The van der Waals surface area contributed by atoms with E-state index in [-0.39, 0.29) is 12.5 Å². The molecule has 0 fully saturated rings. The number of phenols is 1. The maximum atomic E-state index is 13.0. The van der Waals surface area contributed by atoms with Crippen molar-refractivity contribution in [2.75, 3.05) is 20.5 Å². The van der Waals surface area contributed by atoms with Crippen molar-refractivity contribution >= 4 is 5.97 Å². The quantitative estimate of drug-likeness (QED) is 0.492. The zero-order valence-corrected chi connectivity index (χ0v) is 19.9. The highest BCUT2D eigenvalue weighted by Gasteiger charge is 2.55. The van der Waals surface area contributed by atoms with Crippen molar-refractivity contribution < 1.29 is 34.0 Å². The summed E-state index contributed by atoms with van der Waals surface area (Å²) in [5.74, 6) is -0.104. The Balaban J connectivity index is 1.74. The van der Waals surface area contributed by atoms with Gasteiger partial charge in [0, 0.05) is 23.0 Å². The van der Waals surface area contributed by atoms with E-state index in [1.54, 1.807) is 12.1 Å². The Morgan fingerprint density at radius 2 is 1.80 bits per heavy atom. The smallest absolute Gasteiger partial charge is 0.308 e. The lowest BCUT2D eigenvalue weighted by molar-refractivity contribution is -0.143. The van der Waals surface area contributed by atoms with Crippen LogP contribution in [0.2, 0.25) is 0 Å². The van der Waals surface area contributed by atoms with Gasteiger partial charge in [0.05, 0.1) is 19.6 Å². The van der Waals surface area contributed by atoms with Gasteiger partial charge in [-0.05, 0) is 53.4 Å². The maximum Gasteiger partial charge on any atom is 0.308 e. The van der Waals surface area contributed by atoms with E-state index in [2.05, 4.69) is 0 Å². The van der Waals surface area contributed by atoms with Crippen molar-refractivity contribution in [2.24, 2.45) is 5.92 Å². The molecule has 3 aromatic carbocycles. The predicted octanol–water partition coefficient (Wildman–Crippen LogP) is 5.07. The van der Waals surface area contributed by atoms with Gasteiger partial charge in [-0.2, -0.15) is 0 Å². The number of ether oxygens (including phenoxy) is 4. The number of carbonyl (C=O) groups is 1. The lowest BCUT2D eigenvalue weighted by Crippen LogP contribution is -2.37. The fourth-order valence-corrected chi connectivity index (χ4v) is 5.47. The molecule has 3 atom stereocenters. The van der Waals surface area contributed by atoms with E-state index in [0.717, 1.165) is 23.1 Å². The maximum absolute atomic E-state index is 13.0. The molecule has 0 bridgehead atoms. The van der Waals surface area contributed by atoms with Crippen molar-refractivity contribution in [1.29, 1.82) is 0 Å². The van der Waals surface area contributed by atoms with Gasteiger partial charge in [0.1, 0.15) is 17.2 Å². The number of aromatic hydroxyl groups is 1. The molecule has 2 N–H and O–H groups in total. The van der Waals surface area contributed by atoms with Crippen LogP contribution in [-0.4, -0.2) is 36.7 Å². The third kappa shape index (κ3) is 3.62. The third-order valence-corrected chi connectivity index (χ3v) is 7.16. The molecule has 0 saturated heterocycles. The van der Waals surface area contributed by atoms with E-state index in [9.17, 15) is 15.0 Å². The van der Waals surface area contributed by atoms with Gasteiger partial charge in [0.15, 0.2) is 11.5 Å². The van der Waals surface area contributed by atoms with Crippen molar-refractivity contribution in [2.45, 2.75) is 31.6 Å². The Hall–Kier alpha value is -3.87. The molecule has 0 aromatic heterocycles. The number of methoxy groups -OCH3 is 1. The summed E-state index contributed by atoms with van der Waals surface area (Å²) in [6.07, 6.45) is 0.854. The first-order chi connectivity index (χ1) is 16.9. The number of carboxylic acid groups (broad SMARTS) is 1.